The van der Waals surface area contributed by atoms with Crippen LogP contribution in [0, 0.1) is 0 Å². The van der Waals surface area contributed by atoms with E-state index in [4.69, 9.17) is 4.74 Å². The summed E-state index contributed by atoms with van der Waals surface area (Å²) in [6.45, 7) is 0.329. The number of carbonyl (C=O) groups excluding carboxylic acids is 1. The molecule has 4 nitrogen and oxygen atoms in total. The molecule has 3 aliphatic rings. The Bertz CT molecular complexity index is 1270. The molecule has 35 heavy (non-hydrogen) atoms. The van der Waals surface area contributed by atoms with Crippen LogP contribution in [0.5, 0.6) is 0 Å². The molecule has 2 atom stereocenters. The van der Waals surface area contributed by atoms with Gasteiger partial charge in [-0.15, -0.1) is 0 Å². The van der Waals surface area contributed by atoms with Gasteiger partial charge in [-0.1, -0.05) is 66.7 Å². The fourth-order valence-corrected chi connectivity index (χ4v) is 7.37. The molecule has 0 radical (unpaired) electrons. The third kappa shape index (κ3) is 3.41. The van der Waals surface area contributed by atoms with Gasteiger partial charge in [-0.05, 0) is 52.1 Å². The number of likely N-dealkylation sites (tertiary alicyclic amines) is 1. The van der Waals surface area contributed by atoms with E-state index >= 15 is 0 Å². The molecular weight excluding hydrogens is 473 g/mol. The molecule has 0 bridgehead atoms. The van der Waals surface area contributed by atoms with Gasteiger partial charge in [0.25, 0.3) is 0 Å². The van der Waals surface area contributed by atoms with Crippen LogP contribution >= 0.6 is 11.8 Å². The number of ether oxygens (including phenoxy) is 1. The topological polar surface area (TPSA) is 32.8 Å². The summed E-state index contributed by atoms with van der Waals surface area (Å²) in [5.74, 6) is -0.109. The fourth-order valence-electron chi connectivity index (χ4n) is 6.09. The van der Waals surface area contributed by atoms with E-state index in [0.717, 1.165) is 22.3 Å². The highest BCUT2D eigenvalue weighted by atomic mass is 32.2. The maximum absolute atomic E-state index is 13.7. The molecule has 3 aromatic rings. The molecule has 8 heteroatoms. The van der Waals surface area contributed by atoms with Crippen LogP contribution in [0.15, 0.2) is 72.8 Å². The summed E-state index contributed by atoms with van der Waals surface area (Å²) in [5.41, 5.74) is 1.32. The highest BCUT2D eigenvalue weighted by Crippen LogP contribution is 2.61. The first kappa shape index (κ1) is 22.3. The first-order valence-electron chi connectivity index (χ1n) is 11.5. The molecule has 3 aromatic carbocycles. The number of hydrogen-bond acceptors (Lipinski definition) is 4. The summed E-state index contributed by atoms with van der Waals surface area (Å²) in [4.78, 5) is 16.6. The Kier molecular flexibility index (Phi) is 5.07. The smallest absolute Gasteiger partial charge is 0.442 e. The molecule has 0 spiro atoms. The Hall–Kier alpha value is -3.13. The summed E-state index contributed by atoms with van der Waals surface area (Å²) in [7, 11) is 1.75. The lowest BCUT2D eigenvalue weighted by atomic mass is 9.97. The average Bonchev–Trinajstić information content (AvgIpc) is 3.44. The van der Waals surface area contributed by atoms with Crippen LogP contribution in [-0.2, 0) is 9.48 Å². The Morgan fingerprint density at radius 1 is 1.00 bits per heavy atom. The number of halogens is 3. The van der Waals surface area contributed by atoms with Crippen LogP contribution in [-0.4, -0.2) is 42.9 Å². The molecule has 0 unspecified atom stereocenters. The third-order valence-corrected chi connectivity index (χ3v) is 8.64. The Balaban J connectivity index is 1.27. The fraction of sp³-hybridized carbons (Fsp3) is 0.296. The number of alkyl halides is 3. The second-order valence-corrected chi connectivity index (χ2v) is 10.6. The van der Waals surface area contributed by atoms with Crippen molar-refractivity contribution >= 4 is 23.5 Å². The highest BCUT2D eigenvalue weighted by molar-refractivity contribution is 8.01. The first-order valence-corrected chi connectivity index (χ1v) is 12.3. The van der Waals surface area contributed by atoms with Crippen molar-refractivity contribution in [1.82, 2.24) is 4.90 Å². The number of amides is 1. The summed E-state index contributed by atoms with van der Waals surface area (Å²) < 4.78 is 45.7. The molecule has 1 fully saturated rings. The number of fused-ring (bicyclic) bond motifs is 6. The van der Waals surface area contributed by atoms with E-state index in [1.165, 1.54) is 4.90 Å². The van der Waals surface area contributed by atoms with Crippen molar-refractivity contribution in [1.29, 1.82) is 0 Å². The summed E-state index contributed by atoms with van der Waals surface area (Å²) in [6.07, 6.45) is -1.16. The van der Waals surface area contributed by atoms with Gasteiger partial charge in [0.15, 0.2) is 0 Å². The quantitative estimate of drug-likeness (QED) is 0.411. The lowest BCUT2D eigenvalue weighted by Gasteiger charge is -2.36. The van der Waals surface area contributed by atoms with Gasteiger partial charge in [-0.2, -0.15) is 13.2 Å². The number of anilines is 1. The monoisotopic (exact) mass is 496 g/mol. The van der Waals surface area contributed by atoms with Gasteiger partial charge < -0.3 is 9.64 Å². The summed E-state index contributed by atoms with van der Waals surface area (Å²) >= 11 is -0.0163. The van der Waals surface area contributed by atoms with Crippen LogP contribution in [0.2, 0.25) is 0 Å². The van der Waals surface area contributed by atoms with Crippen molar-refractivity contribution in [3.05, 3.63) is 89.5 Å². The highest BCUT2D eigenvalue weighted by Gasteiger charge is 2.62. The van der Waals surface area contributed by atoms with Crippen LogP contribution in [0.1, 0.15) is 29.0 Å². The van der Waals surface area contributed by atoms with Crippen molar-refractivity contribution in [2.24, 2.45) is 0 Å². The van der Waals surface area contributed by atoms with Gasteiger partial charge in [0.05, 0.1) is 4.75 Å². The number of thioether (sulfide) groups is 1. The minimum Gasteiger partial charge on any atom is -0.448 e. The van der Waals surface area contributed by atoms with Crippen LogP contribution in [0.3, 0.4) is 0 Å². The SMILES string of the molecule is CN1c2ccccc2[C@]2(SC(F)(F)F)CCN(C(=O)OCC3c4ccccc4-c4ccccc43)[C@H]12. The summed E-state index contributed by atoms with van der Waals surface area (Å²) in [5, 5.41) is 0. The maximum atomic E-state index is 13.7. The van der Waals surface area contributed by atoms with Crippen molar-refractivity contribution in [3.8, 4) is 11.1 Å². The number of para-hydroxylation sites is 1. The van der Waals surface area contributed by atoms with E-state index in [1.807, 2.05) is 42.5 Å². The zero-order chi connectivity index (χ0) is 24.4. The predicted molar refractivity (Wildman–Crippen MR) is 130 cm³/mol. The van der Waals surface area contributed by atoms with Gasteiger partial charge in [-0.25, -0.2) is 4.79 Å². The molecule has 1 amide bonds. The molecule has 2 aliphatic heterocycles. The largest absolute Gasteiger partial charge is 0.448 e. The van der Waals surface area contributed by atoms with E-state index in [2.05, 4.69) is 12.1 Å². The average molecular weight is 497 g/mol. The van der Waals surface area contributed by atoms with E-state index in [9.17, 15) is 18.0 Å². The van der Waals surface area contributed by atoms with Crippen LogP contribution in [0.25, 0.3) is 11.1 Å². The standard InChI is InChI=1S/C27H23F3N2O2S/c1-31-23-13-7-6-12-22(23)26(35-27(28,29)30)14-15-32(24(26)31)25(33)34-16-21-19-10-4-2-8-17(19)18-9-3-5-11-20(18)21/h2-13,21,24H,14-16H2,1H3/t24-,26+/m0/s1. The maximum Gasteiger partial charge on any atom is 0.442 e. The Morgan fingerprint density at radius 3 is 2.26 bits per heavy atom. The normalized spacial score (nSPS) is 22.6. The second-order valence-electron chi connectivity index (χ2n) is 9.19. The van der Waals surface area contributed by atoms with Gasteiger partial charge in [0.1, 0.15) is 12.8 Å². The molecule has 2 heterocycles. The zero-order valence-electron chi connectivity index (χ0n) is 19.0. The number of carbonyl (C=O) groups is 1. The minimum atomic E-state index is -4.44. The van der Waals surface area contributed by atoms with E-state index in [1.54, 1.807) is 30.1 Å². The molecular formula is C27H23F3N2O2S. The van der Waals surface area contributed by atoms with Gasteiger partial charge in [0, 0.05) is 25.2 Å². The molecule has 1 saturated heterocycles. The number of hydrogen-bond donors (Lipinski definition) is 0. The number of nitrogens with zero attached hydrogens (tertiary/aromatic N) is 2. The van der Waals surface area contributed by atoms with Crippen molar-refractivity contribution in [3.63, 3.8) is 0 Å². The molecule has 0 N–H and O–H groups in total. The van der Waals surface area contributed by atoms with Gasteiger partial charge in [0.2, 0.25) is 0 Å². The molecule has 180 valence electrons. The predicted octanol–water partition coefficient (Wildman–Crippen LogP) is 6.57. The molecule has 0 aromatic heterocycles. The lowest BCUT2D eigenvalue weighted by molar-refractivity contribution is -0.0347. The third-order valence-electron chi connectivity index (χ3n) is 7.41. The Labute approximate surface area is 205 Å². The van der Waals surface area contributed by atoms with Crippen LogP contribution in [0.4, 0.5) is 23.7 Å². The van der Waals surface area contributed by atoms with E-state index in [0.29, 0.717) is 11.3 Å². The zero-order valence-corrected chi connectivity index (χ0v) is 19.8. The van der Waals surface area contributed by atoms with Crippen molar-refractivity contribution in [2.45, 2.75) is 28.8 Å². The number of likely N-dealkylation sites (N-methyl/N-ethyl adjacent to an activating group) is 1. The second kappa shape index (κ2) is 7.95. The number of rotatable bonds is 3. The Morgan fingerprint density at radius 2 is 1.60 bits per heavy atom. The molecule has 6 rings (SSSR count). The number of benzene rings is 3. The minimum absolute atomic E-state index is 0.0163. The molecule has 0 saturated carbocycles. The van der Waals surface area contributed by atoms with Crippen molar-refractivity contribution < 1.29 is 22.7 Å². The van der Waals surface area contributed by atoms with E-state index in [-0.39, 0.29) is 37.3 Å². The van der Waals surface area contributed by atoms with Crippen molar-refractivity contribution in [2.75, 3.05) is 25.1 Å². The summed E-state index contributed by atoms with van der Waals surface area (Å²) in [6, 6.07) is 23.2. The van der Waals surface area contributed by atoms with Gasteiger partial charge >= 0.3 is 11.6 Å². The van der Waals surface area contributed by atoms with Crippen LogP contribution < -0.4 is 4.90 Å². The first-order chi connectivity index (χ1) is 16.8. The van der Waals surface area contributed by atoms with Gasteiger partial charge in [-0.3, -0.25) is 4.90 Å². The van der Waals surface area contributed by atoms with E-state index < -0.39 is 22.5 Å². The molecule has 1 aliphatic carbocycles. The lowest BCUT2D eigenvalue weighted by Crippen LogP contribution is -2.50.